The van der Waals surface area contributed by atoms with Crippen LogP contribution in [0.25, 0.3) is 0 Å². The quantitative estimate of drug-likeness (QED) is 0.348. The molecule has 5 heteroatoms. The van der Waals surface area contributed by atoms with Crippen molar-refractivity contribution in [1.29, 1.82) is 0 Å². The van der Waals surface area contributed by atoms with Crippen LogP contribution in [0.4, 0.5) is 0 Å². The van der Waals surface area contributed by atoms with Gasteiger partial charge < -0.3 is 4.74 Å². The number of allylic oxidation sites excluding steroid dienone is 4. The van der Waals surface area contributed by atoms with E-state index in [0.717, 1.165) is 10.1 Å². The molecule has 0 N–H and O–H groups in total. The van der Waals surface area contributed by atoms with Crippen molar-refractivity contribution < 1.29 is 4.74 Å². The first-order valence-electron chi connectivity index (χ1n) is 9.17. The maximum atomic E-state index is 6.68. The van der Waals surface area contributed by atoms with E-state index in [2.05, 4.69) is 32.9 Å². The van der Waals surface area contributed by atoms with Crippen molar-refractivity contribution in [3.8, 4) is 0 Å². The maximum absolute atomic E-state index is 6.68. The molecule has 0 spiro atoms. The van der Waals surface area contributed by atoms with Crippen molar-refractivity contribution in [3.05, 3.63) is 32.3 Å². The Balaban J connectivity index is 1.54. The smallest absolute Gasteiger partial charge is 0.0752 e. The van der Waals surface area contributed by atoms with Crippen LogP contribution >= 0.6 is 46.4 Å². The summed E-state index contributed by atoms with van der Waals surface area (Å²) < 4.78 is 6.49. The molecule has 0 aromatic carbocycles. The van der Waals surface area contributed by atoms with E-state index < -0.39 is 0 Å². The topological polar surface area (TPSA) is 9.23 Å². The molecule has 0 aromatic rings. The molecule has 0 heterocycles. The second kappa shape index (κ2) is 5.45. The van der Waals surface area contributed by atoms with Crippen molar-refractivity contribution >= 4 is 46.4 Å². The van der Waals surface area contributed by atoms with Gasteiger partial charge in [-0.25, -0.2) is 0 Å². The van der Waals surface area contributed by atoms with Gasteiger partial charge in [0.1, 0.15) is 0 Å². The molecule has 0 saturated heterocycles. The van der Waals surface area contributed by atoms with Crippen molar-refractivity contribution in [2.75, 3.05) is 0 Å². The van der Waals surface area contributed by atoms with E-state index >= 15 is 0 Å². The summed E-state index contributed by atoms with van der Waals surface area (Å²) in [5.74, 6) is 3.79. The molecule has 0 amide bonds. The summed E-state index contributed by atoms with van der Waals surface area (Å²) in [6.45, 7) is 6.44. The molecule has 3 unspecified atom stereocenters. The third kappa shape index (κ3) is 2.20. The average molecular weight is 420 g/mol. The van der Waals surface area contributed by atoms with Gasteiger partial charge in [-0.05, 0) is 50.9 Å². The Morgan fingerprint density at radius 1 is 0.840 bits per heavy atom. The molecule has 5 aliphatic rings. The zero-order valence-corrected chi connectivity index (χ0v) is 17.5. The molecule has 136 valence electrons. The minimum atomic E-state index is -0.126. The van der Waals surface area contributed by atoms with Gasteiger partial charge in [-0.2, -0.15) is 0 Å². The Hall–Kier alpha value is 0.340. The van der Waals surface area contributed by atoms with Gasteiger partial charge in [0.25, 0.3) is 0 Å². The van der Waals surface area contributed by atoms with E-state index in [9.17, 15) is 0 Å². The predicted octanol–water partition coefficient (Wildman–Crippen LogP) is 6.49. The highest BCUT2D eigenvalue weighted by Gasteiger charge is 2.69. The minimum Gasteiger partial charge on any atom is -0.371 e. The SMILES string of the molecule is CC(C)(C)OC1[C@H]2C=C[C@@H]1C1C2[C@@H]2C[C@H]1[C@H]1C(Cl)=C(Cl)C(Cl)=C(Cl)[C@H]12. The molecule has 4 bridgehead atoms. The van der Waals surface area contributed by atoms with Gasteiger partial charge in [0, 0.05) is 33.7 Å². The fourth-order valence-corrected chi connectivity index (χ4v) is 8.11. The Labute approximate surface area is 169 Å². The molecule has 9 atom stereocenters. The highest BCUT2D eigenvalue weighted by molar-refractivity contribution is 6.51. The zero-order chi connectivity index (χ0) is 17.8. The van der Waals surface area contributed by atoms with E-state index in [1.165, 1.54) is 6.42 Å². The third-order valence-electron chi connectivity index (χ3n) is 7.18. The number of hydrogen-bond acceptors (Lipinski definition) is 1. The largest absolute Gasteiger partial charge is 0.371 e. The summed E-state index contributed by atoms with van der Waals surface area (Å²) in [5.41, 5.74) is -0.126. The van der Waals surface area contributed by atoms with Gasteiger partial charge >= 0.3 is 0 Å². The van der Waals surface area contributed by atoms with Gasteiger partial charge in [0.15, 0.2) is 0 Å². The minimum absolute atomic E-state index is 0.126. The van der Waals surface area contributed by atoms with Crippen LogP contribution in [0, 0.1) is 47.3 Å². The van der Waals surface area contributed by atoms with Gasteiger partial charge in [-0.1, -0.05) is 58.6 Å². The Kier molecular flexibility index (Phi) is 3.80. The van der Waals surface area contributed by atoms with Crippen LogP contribution < -0.4 is 0 Å². The number of hydrogen-bond donors (Lipinski definition) is 0. The van der Waals surface area contributed by atoms with Gasteiger partial charge in [-0.3, -0.25) is 0 Å². The molecule has 5 rings (SSSR count). The van der Waals surface area contributed by atoms with Crippen LogP contribution in [0.15, 0.2) is 32.3 Å². The summed E-state index contributed by atoms with van der Waals surface area (Å²) in [6.07, 6.45) is 6.26. The van der Waals surface area contributed by atoms with Gasteiger partial charge in [0.2, 0.25) is 0 Å². The molecule has 0 radical (unpaired) electrons. The lowest BCUT2D eigenvalue weighted by Gasteiger charge is -2.43. The first kappa shape index (κ1) is 17.4. The molecule has 0 aromatic heterocycles. The van der Waals surface area contributed by atoms with Crippen molar-refractivity contribution in [2.24, 2.45) is 47.3 Å². The van der Waals surface area contributed by atoms with Gasteiger partial charge in [0.05, 0.1) is 21.8 Å². The number of halogens is 4. The van der Waals surface area contributed by atoms with Crippen LogP contribution in [-0.2, 0) is 4.74 Å². The number of rotatable bonds is 1. The number of fused-ring (bicyclic) bond motifs is 12. The standard InChI is InChI=1S/C20H22Cl4O/c1-20(2,3)25-19-7-4-5-8(19)12-10-6-9(11(7)12)13-14(10)16(22)18(24)17(23)15(13)21/h4-5,7-14,19H,6H2,1-3H3/t7-,8+,9-,10+,11?,12?,13-,14+,19?. The van der Waals surface area contributed by atoms with E-state index in [0.29, 0.717) is 45.6 Å². The molecular weight excluding hydrogens is 398 g/mol. The van der Waals surface area contributed by atoms with Crippen molar-refractivity contribution in [3.63, 3.8) is 0 Å². The Morgan fingerprint density at radius 3 is 1.68 bits per heavy atom. The second-order valence-electron chi connectivity index (χ2n) is 9.33. The lowest BCUT2D eigenvalue weighted by Crippen LogP contribution is -2.39. The van der Waals surface area contributed by atoms with Crippen LogP contribution in [0.5, 0.6) is 0 Å². The maximum Gasteiger partial charge on any atom is 0.0752 e. The summed E-state index contributed by atoms with van der Waals surface area (Å²) in [7, 11) is 0. The normalized spacial score (nSPS) is 50.1. The van der Waals surface area contributed by atoms with E-state index in [4.69, 9.17) is 51.1 Å². The molecule has 1 nitrogen and oxygen atoms in total. The molecule has 3 saturated carbocycles. The van der Waals surface area contributed by atoms with E-state index in [1.807, 2.05) is 0 Å². The fourth-order valence-electron chi connectivity index (χ4n) is 6.77. The average Bonchev–Trinajstić information content (AvgIpc) is 3.26. The highest BCUT2D eigenvalue weighted by Crippen LogP contribution is 2.73. The molecular formula is C20H22Cl4O. The second-order valence-corrected chi connectivity index (χ2v) is 10.9. The van der Waals surface area contributed by atoms with Crippen molar-refractivity contribution in [2.45, 2.75) is 38.9 Å². The zero-order valence-electron chi connectivity index (χ0n) is 14.5. The Bertz CT molecular complexity index is 678. The lowest BCUT2D eigenvalue weighted by molar-refractivity contribution is -0.0814. The molecule has 25 heavy (non-hydrogen) atoms. The summed E-state index contributed by atoms with van der Waals surface area (Å²) in [6, 6.07) is 0. The van der Waals surface area contributed by atoms with Crippen LogP contribution in [-0.4, -0.2) is 11.7 Å². The van der Waals surface area contributed by atoms with E-state index in [-0.39, 0.29) is 23.5 Å². The summed E-state index contributed by atoms with van der Waals surface area (Å²) in [5, 5.41) is 2.37. The van der Waals surface area contributed by atoms with Crippen LogP contribution in [0.1, 0.15) is 27.2 Å². The van der Waals surface area contributed by atoms with Crippen LogP contribution in [0.2, 0.25) is 0 Å². The lowest BCUT2D eigenvalue weighted by atomic mass is 9.63. The first-order valence-corrected chi connectivity index (χ1v) is 10.7. The molecule has 3 fully saturated rings. The third-order valence-corrected chi connectivity index (χ3v) is 9.13. The summed E-state index contributed by atoms with van der Waals surface area (Å²) in [4.78, 5) is 0. The predicted molar refractivity (Wildman–Crippen MR) is 104 cm³/mol. The molecule has 5 aliphatic carbocycles. The summed E-state index contributed by atoms with van der Waals surface area (Å²) >= 11 is 26.1. The number of ether oxygens (including phenoxy) is 1. The monoisotopic (exact) mass is 418 g/mol. The fraction of sp³-hybridized carbons (Fsp3) is 0.700. The van der Waals surface area contributed by atoms with Crippen molar-refractivity contribution in [1.82, 2.24) is 0 Å². The first-order chi connectivity index (χ1) is 11.7. The van der Waals surface area contributed by atoms with Crippen LogP contribution in [0.3, 0.4) is 0 Å². The Morgan fingerprint density at radius 2 is 1.28 bits per heavy atom. The molecule has 0 aliphatic heterocycles. The highest BCUT2D eigenvalue weighted by atomic mass is 35.5. The van der Waals surface area contributed by atoms with Gasteiger partial charge in [-0.15, -0.1) is 0 Å². The van der Waals surface area contributed by atoms with E-state index in [1.54, 1.807) is 0 Å².